The maximum atomic E-state index is 11.9. The van der Waals surface area contributed by atoms with E-state index in [1.807, 2.05) is 26.2 Å². The molecule has 0 saturated carbocycles. The highest BCUT2D eigenvalue weighted by atomic mass is 32.2. The van der Waals surface area contributed by atoms with E-state index in [2.05, 4.69) is 10.3 Å². The number of hydrogen-bond acceptors (Lipinski definition) is 4. The Morgan fingerprint density at radius 1 is 1.59 bits per heavy atom. The topological polar surface area (TPSA) is 62.2 Å². The predicted molar refractivity (Wildman–Crippen MR) is 70.3 cm³/mol. The van der Waals surface area contributed by atoms with Crippen molar-refractivity contribution in [3.8, 4) is 0 Å². The summed E-state index contributed by atoms with van der Waals surface area (Å²) in [6.45, 7) is 3.77. The molecule has 0 spiro atoms. The molecule has 0 aliphatic rings. The smallest absolute Gasteiger partial charge is 0.270 e. The number of carbonyl (C=O) groups is 1. The minimum atomic E-state index is -0.200. The van der Waals surface area contributed by atoms with Gasteiger partial charge in [-0.2, -0.15) is 11.8 Å². The van der Waals surface area contributed by atoms with Gasteiger partial charge in [-0.15, -0.1) is 0 Å². The molecule has 0 radical (unpaired) electrons. The highest BCUT2D eigenvalue weighted by Gasteiger charge is 2.18. The van der Waals surface area contributed by atoms with Gasteiger partial charge in [0.1, 0.15) is 5.69 Å². The number of aromatic nitrogens is 1. The summed E-state index contributed by atoms with van der Waals surface area (Å²) in [5.74, 6) is -0.200. The highest BCUT2D eigenvalue weighted by molar-refractivity contribution is 7.99. The van der Waals surface area contributed by atoms with Crippen molar-refractivity contribution in [2.45, 2.75) is 25.1 Å². The molecule has 94 valence electrons. The Kier molecular flexibility index (Phi) is 5.44. The number of pyridine rings is 1. The van der Waals surface area contributed by atoms with E-state index in [9.17, 15) is 4.79 Å². The third-order valence-corrected chi connectivity index (χ3v) is 3.68. The fraction of sp³-hybridized carbons (Fsp3) is 0.500. The van der Waals surface area contributed by atoms with Crippen molar-refractivity contribution in [2.24, 2.45) is 0 Å². The fourth-order valence-electron chi connectivity index (χ4n) is 1.48. The largest absolute Gasteiger partial charge is 0.395 e. The number of rotatable bonds is 5. The van der Waals surface area contributed by atoms with Crippen LogP contribution in [0.25, 0.3) is 0 Å². The zero-order valence-electron chi connectivity index (χ0n) is 10.3. The zero-order valence-corrected chi connectivity index (χ0v) is 11.1. The highest BCUT2D eigenvalue weighted by Crippen LogP contribution is 2.10. The molecule has 0 bridgehead atoms. The molecule has 0 aliphatic carbocycles. The van der Waals surface area contributed by atoms with Crippen LogP contribution in [0.4, 0.5) is 0 Å². The van der Waals surface area contributed by atoms with E-state index >= 15 is 0 Å². The van der Waals surface area contributed by atoms with E-state index in [0.717, 1.165) is 5.69 Å². The Labute approximate surface area is 106 Å². The summed E-state index contributed by atoms with van der Waals surface area (Å²) in [5.41, 5.74) is 1.23. The summed E-state index contributed by atoms with van der Waals surface area (Å²) >= 11 is 1.53. The molecule has 17 heavy (non-hydrogen) atoms. The average Bonchev–Trinajstić information content (AvgIpc) is 2.30. The number of nitrogens with zero attached hydrogens (tertiary/aromatic N) is 1. The summed E-state index contributed by atoms with van der Waals surface area (Å²) in [6.07, 6.45) is 1.91. The first-order chi connectivity index (χ1) is 8.08. The average molecular weight is 254 g/mol. The van der Waals surface area contributed by atoms with Crippen LogP contribution in [0, 0.1) is 6.92 Å². The van der Waals surface area contributed by atoms with Crippen molar-refractivity contribution < 1.29 is 9.90 Å². The summed E-state index contributed by atoms with van der Waals surface area (Å²) in [6, 6.07) is 5.24. The van der Waals surface area contributed by atoms with Gasteiger partial charge in [-0.05, 0) is 32.2 Å². The molecule has 0 fully saturated rings. The minimum Gasteiger partial charge on any atom is -0.395 e. The second kappa shape index (κ2) is 6.61. The maximum Gasteiger partial charge on any atom is 0.270 e. The molecule has 4 nitrogen and oxygen atoms in total. The number of aryl methyl sites for hydroxylation is 1. The van der Waals surface area contributed by atoms with Crippen molar-refractivity contribution in [3.63, 3.8) is 0 Å². The Hall–Kier alpha value is -1.07. The summed E-state index contributed by atoms with van der Waals surface area (Å²) in [7, 11) is 0. The predicted octanol–water partition coefficient (Wildman–Crippen LogP) is 1.23. The lowest BCUT2D eigenvalue weighted by Gasteiger charge is -2.21. The van der Waals surface area contributed by atoms with Crippen LogP contribution in [0.2, 0.25) is 0 Å². The van der Waals surface area contributed by atoms with Gasteiger partial charge in [-0.3, -0.25) is 4.79 Å². The normalized spacial score (nSPS) is 14.1. The van der Waals surface area contributed by atoms with Crippen LogP contribution in [-0.2, 0) is 0 Å². The van der Waals surface area contributed by atoms with E-state index < -0.39 is 0 Å². The van der Waals surface area contributed by atoms with Gasteiger partial charge in [0.15, 0.2) is 0 Å². The molecule has 0 saturated heterocycles. The monoisotopic (exact) mass is 254 g/mol. The molecule has 2 atom stereocenters. The lowest BCUT2D eigenvalue weighted by Crippen LogP contribution is -2.41. The quantitative estimate of drug-likeness (QED) is 0.829. The number of hydrogen-bond donors (Lipinski definition) is 2. The number of amides is 1. The van der Waals surface area contributed by atoms with Crippen molar-refractivity contribution in [2.75, 3.05) is 12.9 Å². The van der Waals surface area contributed by atoms with Gasteiger partial charge >= 0.3 is 0 Å². The number of thioether (sulfide) groups is 1. The van der Waals surface area contributed by atoms with Gasteiger partial charge in [-0.1, -0.05) is 6.07 Å². The Morgan fingerprint density at radius 3 is 2.82 bits per heavy atom. The van der Waals surface area contributed by atoms with Crippen molar-refractivity contribution in [1.82, 2.24) is 10.3 Å². The van der Waals surface area contributed by atoms with Gasteiger partial charge in [0.2, 0.25) is 0 Å². The molecule has 1 aromatic heterocycles. The first-order valence-electron chi connectivity index (χ1n) is 5.46. The first kappa shape index (κ1) is 14.0. The van der Waals surface area contributed by atoms with E-state index in [0.29, 0.717) is 5.69 Å². The maximum absolute atomic E-state index is 11.9. The van der Waals surface area contributed by atoms with Crippen LogP contribution in [0.3, 0.4) is 0 Å². The van der Waals surface area contributed by atoms with Gasteiger partial charge in [0.05, 0.1) is 6.61 Å². The molecular formula is C12H18N2O2S. The number of aliphatic hydroxyl groups excluding tert-OH is 1. The number of aliphatic hydroxyl groups is 1. The second-order valence-corrected chi connectivity index (χ2v) is 4.96. The molecule has 1 heterocycles. The van der Waals surface area contributed by atoms with Gasteiger partial charge in [-0.25, -0.2) is 4.98 Å². The van der Waals surface area contributed by atoms with Crippen LogP contribution >= 0.6 is 11.8 Å². The van der Waals surface area contributed by atoms with Crippen LogP contribution < -0.4 is 5.32 Å². The molecule has 1 rings (SSSR count). The Balaban J connectivity index is 2.66. The second-order valence-electron chi connectivity index (χ2n) is 3.88. The minimum absolute atomic E-state index is 0.00348. The molecule has 0 aromatic carbocycles. The number of carbonyl (C=O) groups excluding carboxylic acids is 1. The standard InChI is InChI=1S/C12H18N2O2S/c1-8-5-4-6-10(13-8)12(16)14-9(2)11(7-15)17-3/h4-6,9,11,15H,7H2,1-3H3,(H,14,16). The molecule has 1 amide bonds. The molecular weight excluding hydrogens is 236 g/mol. The van der Waals surface area contributed by atoms with Crippen LogP contribution in [0.15, 0.2) is 18.2 Å². The van der Waals surface area contributed by atoms with Crippen molar-refractivity contribution in [1.29, 1.82) is 0 Å². The van der Waals surface area contributed by atoms with Crippen LogP contribution in [0.1, 0.15) is 23.1 Å². The van der Waals surface area contributed by atoms with E-state index in [4.69, 9.17) is 5.11 Å². The molecule has 1 aromatic rings. The molecule has 2 N–H and O–H groups in total. The third kappa shape index (κ3) is 4.02. The van der Waals surface area contributed by atoms with E-state index in [1.165, 1.54) is 11.8 Å². The van der Waals surface area contributed by atoms with Crippen molar-refractivity contribution in [3.05, 3.63) is 29.6 Å². The van der Waals surface area contributed by atoms with E-state index in [1.54, 1.807) is 12.1 Å². The lowest BCUT2D eigenvalue weighted by molar-refractivity contribution is 0.0930. The summed E-state index contributed by atoms with van der Waals surface area (Å²) in [5, 5.41) is 12.0. The Bertz CT molecular complexity index is 381. The fourth-order valence-corrected chi connectivity index (χ4v) is 2.11. The van der Waals surface area contributed by atoms with Gasteiger partial charge in [0.25, 0.3) is 5.91 Å². The van der Waals surface area contributed by atoms with Gasteiger partial charge in [0, 0.05) is 17.0 Å². The first-order valence-corrected chi connectivity index (χ1v) is 6.75. The Morgan fingerprint density at radius 2 is 2.29 bits per heavy atom. The third-order valence-electron chi connectivity index (χ3n) is 2.52. The summed E-state index contributed by atoms with van der Waals surface area (Å²) < 4.78 is 0. The zero-order chi connectivity index (χ0) is 12.8. The summed E-state index contributed by atoms with van der Waals surface area (Å²) in [4.78, 5) is 16.0. The molecule has 5 heteroatoms. The van der Waals surface area contributed by atoms with Crippen LogP contribution in [-0.4, -0.2) is 40.2 Å². The lowest BCUT2D eigenvalue weighted by atomic mass is 10.2. The molecule has 2 unspecified atom stereocenters. The van der Waals surface area contributed by atoms with Gasteiger partial charge < -0.3 is 10.4 Å². The van der Waals surface area contributed by atoms with Crippen LogP contribution in [0.5, 0.6) is 0 Å². The van der Waals surface area contributed by atoms with Crippen molar-refractivity contribution >= 4 is 17.7 Å². The number of nitrogens with one attached hydrogen (secondary N) is 1. The van der Waals surface area contributed by atoms with E-state index in [-0.39, 0.29) is 23.8 Å². The molecule has 0 aliphatic heterocycles. The SMILES string of the molecule is CSC(CO)C(C)NC(=O)c1cccc(C)n1.